The van der Waals surface area contributed by atoms with Crippen LogP contribution in [0.4, 0.5) is 5.69 Å². The SMILES string of the molecule is COCCOCCN1C(=O)C(=O)c2cc(Br)ccc21. The third-order valence-electron chi connectivity index (χ3n) is 2.82. The van der Waals surface area contributed by atoms with Gasteiger partial charge < -0.3 is 14.4 Å². The van der Waals surface area contributed by atoms with Gasteiger partial charge in [-0.3, -0.25) is 9.59 Å². The molecule has 1 amide bonds. The van der Waals surface area contributed by atoms with E-state index >= 15 is 0 Å². The van der Waals surface area contributed by atoms with Crippen molar-refractivity contribution in [1.29, 1.82) is 0 Å². The number of carbonyl (C=O) groups excluding carboxylic acids is 2. The molecule has 0 N–H and O–H groups in total. The Balaban J connectivity index is 2.02. The van der Waals surface area contributed by atoms with Crippen molar-refractivity contribution in [3.8, 4) is 0 Å². The second kappa shape index (κ2) is 6.27. The average Bonchev–Trinajstić information content (AvgIpc) is 2.63. The molecule has 0 spiro atoms. The molecule has 0 saturated carbocycles. The maximum atomic E-state index is 11.9. The summed E-state index contributed by atoms with van der Waals surface area (Å²) < 4.78 is 11.0. The molecule has 0 bridgehead atoms. The summed E-state index contributed by atoms with van der Waals surface area (Å²) in [5.74, 6) is -0.961. The lowest BCUT2D eigenvalue weighted by Crippen LogP contribution is -2.33. The van der Waals surface area contributed by atoms with Gasteiger partial charge in [0, 0.05) is 18.1 Å². The molecule has 5 nitrogen and oxygen atoms in total. The molecule has 0 saturated heterocycles. The topological polar surface area (TPSA) is 55.8 Å². The van der Waals surface area contributed by atoms with Gasteiger partial charge in [0.2, 0.25) is 0 Å². The summed E-state index contributed by atoms with van der Waals surface area (Å²) in [6.07, 6.45) is 0. The van der Waals surface area contributed by atoms with Crippen LogP contribution in [-0.2, 0) is 14.3 Å². The first kappa shape index (κ1) is 14.2. The largest absolute Gasteiger partial charge is 0.382 e. The van der Waals surface area contributed by atoms with Crippen molar-refractivity contribution in [2.75, 3.05) is 38.4 Å². The molecule has 102 valence electrons. The normalized spacial score (nSPS) is 14.1. The molecule has 0 fully saturated rings. The second-order valence-corrected chi connectivity index (χ2v) is 4.97. The molecule has 0 radical (unpaired) electrons. The Hall–Kier alpha value is -1.24. The predicted octanol–water partition coefficient (Wildman–Crippen LogP) is 1.64. The highest BCUT2D eigenvalue weighted by Gasteiger charge is 2.35. The average molecular weight is 328 g/mol. The number of hydrogen-bond acceptors (Lipinski definition) is 4. The van der Waals surface area contributed by atoms with Crippen LogP contribution in [-0.4, -0.2) is 45.2 Å². The Bertz CT molecular complexity index is 503. The molecule has 1 aliphatic rings. The monoisotopic (exact) mass is 327 g/mol. The quantitative estimate of drug-likeness (QED) is 0.588. The van der Waals surface area contributed by atoms with E-state index < -0.39 is 11.7 Å². The van der Waals surface area contributed by atoms with Crippen molar-refractivity contribution < 1.29 is 19.1 Å². The molecule has 1 heterocycles. The maximum absolute atomic E-state index is 11.9. The zero-order valence-electron chi connectivity index (χ0n) is 10.5. The van der Waals surface area contributed by atoms with Crippen molar-refractivity contribution >= 4 is 33.3 Å². The lowest BCUT2D eigenvalue weighted by molar-refractivity contribution is -0.114. The first-order valence-corrected chi connectivity index (χ1v) is 6.67. The number of hydrogen-bond donors (Lipinski definition) is 0. The summed E-state index contributed by atoms with van der Waals surface area (Å²) in [7, 11) is 1.60. The number of ketones is 1. The van der Waals surface area contributed by atoms with Gasteiger partial charge in [0.1, 0.15) is 0 Å². The summed E-state index contributed by atoms with van der Waals surface area (Å²) in [5.41, 5.74) is 1.09. The number of nitrogens with zero attached hydrogens (tertiary/aromatic N) is 1. The van der Waals surface area contributed by atoms with E-state index in [9.17, 15) is 9.59 Å². The fourth-order valence-electron chi connectivity index (χ4n) is 1.89. The Morgan fingerprint density at radius 2 is 2.00 bits per heavy atom. The molecule has 0 aromatic heterocycles. The highest BCUT2D eigenvalue weighted by Crippen LogP contribution is 2.30. The first-order valence-electron chi connectivity index (χ1n) is 5.87. The lowest BCUT2D eigenvalue weighted by atomic mass is 10.1. The zero-order valence-corrected chi connectivity index (χ0v) is 12.1. The van der Waals surface area contributed by atoms with Gasteiger partial charge in [-0.1, -0.05) is 15.9 Å². The number of ether oxygens (including phenoxy) is 2. The van der Waals surface area contributed by atoms with Crippen LogP contribution >= 0.6 is 15.9 Å². The van der Waals surface area contributed by atoms with Gasteiger partial charge in [0.25, 0.3) is 11.7 Å². The number of methoxy groups -OCH3 is 1. The van der Waals surface area contributed by atoms with E-state index in [4.69, 9.17) is 9.47 Å². The Morgan fingerprint density at radius 3 is 2.74 bits per heavy atom. The summed E-state index contributed by atoms with van der Waals surface area (Å²) >= 11 is 3.29. The van der Waals surface area contributed by atoms with E-state index in [0.29, 0.717) is 37.6 Å². The second-order valence-electron chi connectivity index (χ2n) is 4.05. The highest BCUT2D eigenvalue weighted by atomic mass is 79.9. The summed E-state index contributed by atoms with van der Waals surface area (Å²) in [6, 6.07) is 5.24. The van der Waals surface area contributed by atoms with E-state index in [0.717, 1.165) is 4.47 Å². The van der Waals surface area contributed by atoms with Gasteiger partial charge in [-0.15, -0.1) is 0 Å². The molecule has 0 atom stereocenters. The summed E-state index contributed by atoms with van der Waals surface area (Å²) in [6.45, 7) is 1.72. The molecule has 0 aliphatic carbocycles. The van der Waals surface area contributed by atoms with Gasteiger partial charge in [0.15, 0.2) is 0 Å². The van der Waals surface area contributed by atoms with E-state index in [-0.39, 0.29) is 0 Å². The van der Waals surface area contributed by atoms with Gasteiger partial charge in [0.05, 0.1) is 31.1 Å². The number of carbonyl (C=O) groups is 2. The van der Waals surface area contributed by atoms with E-state index in [1.807, 2.05) is 6.07 Å². The lowest BCUT2D eigenvalue weighted by Gasteiger charge is -2.16. The van der Waals surface area contributed by atoms with Crippen LogP contribution in [0.25, 0.3) is 0 Å². The van der Waals surface area contributed by atoms with Crippen molar-refractivity contribution in [3.63, 3.8) is 0 Å². The number of rotatable bonds is 6. The van der Waals surface area contributed by atoms with Crippen LogP contribution in [0.3, 0.4) is 0 Å². The Labute approximate surface area is 119 Å². The van der Waals surface area contributed by atoms with Crippen molar-refractivity contribution in [1.82, 2.24) is 0 Å². The fraction of sp³-hybridized carbons (Fsp3) is 0.385. The van der Waals surface area contributed by atoms with E-state index in [1.165, 1.54) is 4.90 Å². The Morgan fingerprint density at radius 1 is 1.21 bits per heavy atom. The van der Waals surface area contributed by atoms with Crippen LogP contribution in [0.1, 0.15) is 10.4 Å². The number of fused-ring (bicyclic) bond motifs is 1. The van der Waals surface area contributed by atoms with Gasteiger partial charge in [-0.25, -0.2) is 0 Å². The van der Waals surface area contributed by atoms with Crippen LogP contribution in [0.2, 0.25) is 0 Å². The standard InChI is InChI=1S/C13H14BrNO4/c1-18-6-7-19-5-4-15-11-3-2-9(14)8-10(11)12(16)13(15)17/h2-3,8H,4-7H2,1H3. The molecule has 19 heavy (non-hydrogen) atoms. The number of anilines is 1. The van der Waals surface area contributed by atoms with Crippen LogP contribution < -0.4 is 4.90 Å². The van der Waals surface area contributed by atoms with E-state index in [1.54, 1.807) is 19.2 Å². The molecule has 6 heteroatoms. The first-order chi connectivity index (χ1) is 9.15. The fourth-order valence-corrected chi connectivity index (χ4v) is 2.26. The minimum absolute atomic E-state index is 0.364. The van der Waals surface area contributed by atoms with Gasteiger partial charge in [-0.2, -0.15) is 0 Å². The molecule has 2 rings (SSSR count). The number of Topliss-reactive ketones (excluding diaryl/α,β-unsaturated/α-hetero) is 1. The van der Waals surface area contributed by atoms with Crippen molar-refractivity contribution in [2.24, 2.45) is 0 Å². The predicted molar refractivity (Wildman–Crippen MR) is 73.5 cm³/mol. The summed E-state index contributed by atoms with van der Waals surface area (Å²) in [4.78, 5) is 25.2. The molecular formula is C13H14BrNO4. The number of benzene rings is 1. The summed E-state index contributed by atoms with van der Waals surface area (Å²) in [5, 5.41) is 0. The maximum Gasteiger partial charge on any atom is 0.299 e. The van der Waals surface area contributed by atoms with Crippen LogP contribution in [0.15, 0.2) is 22.7 Å². The molecule has 1 aromatic rings. The number of amides is 1. The van der Waals surface area contributed by atoms with Gasteiger partial charge in [-0.05, 0) is 18.2 Å². The minimum atomic E-state index is -0.497. The minimum Gasteiger partial charge on any atom is -0.382 e. The molecule has 1 aliphatic heterocycles. The molecule has 1 aromatic carbocycles. The molecular weight excluding hydrogens is 314 g/mol. The molecule has 0 unspecified atom stereocenters. The highest BCUT2D eigenvalue weighted by molar-refractivity contribution is 9.10. The smallest absolute Gasteiger partial charge is 0.299 e. The third kappa shape index (κ3) is 3.02. The Kier molecular flexibility index (Phi) is 4.68. The van der Waals surface area contributed by atoms with Gasteiger partial charge >= 0.3 is 0 Å². The third-order valence-corrected chi connectivity index (χ3v) is 3.32. The van der Waals surface area contributed by atoms with Crippen LogP contribution in [0.5, 0.6) is 0 Å². The van der Waals surface area contributed by atoms with Crippen molar-refractivity contribution in [3.05, 3.63) is 28.2 Å². The van der Waals surface area contributed by atoms with Crippen LogP contribution in [0, 0.1) is 0 Å². The van der Waals surface area contributed by atoms with E-state index in [2.05, 4.69) is 15.9 Å². The van der Waals surface area contributed by atoms with Crippen molar-refractivity contribution in [2.45, 2.75) is 0 Å². The number of halogens is 1. The zero-order chi connectivity index (χ0) is 13.8.